The molecule has 1 atom stereocenters. The van der Waals surface area contributed by atoms with Gasteiger partial charge >= 0.3 is 0 Å². The van der Waals surface area contributed by atoms with Gasteiger partial charge in [-0.15, -0.1) is 0 Å². The number of rotatable bonds is 4. The van der Waals surface area contributed by atoms with Crippen LogP contribution in [0.1, 0.15) is 44.3 Å². The summed E-state index contributed by atoms with van der Waals surface area (Å²) in [6.45, 7) is 2.34. The second kappa shape index (κ2) is 5.33. The number of benzene rings is 1. The van der Waals surface area contributed by atoms with Gasteiger partial charge < -0.3 is 9.84 Å². The van der Waals surface area contributed by atoms with Gasteiger partial charge in [0.05, 0.1) is 5.60 Å². The van der Waals surface area contributed by atoms with Crippen molar-refractivity contribution in [2.75, 3.05) is 6.61 Å². The fourth-order valence-electron chi connectivity index (χ4n) is 2.79. The van der Waals surface area contributed by atoms with Crippen LogP contribution in [0.4, 0.5) is 8.78 Å². The van der Waals surface area contributed by atoms with Gasteiger partial charge in [0.2, 0.25) is 0 Å². The lowest BCUT2D eigenvalue weighted by atomic mass is 9.89. The Labute approximate surface area is 106 Å². The van der Waals surface area contributed by atoms with E-state index in [1.165, 1.54) is 12.1 Å². The Morgan fingerprint density at radius 2 is 1.78 bits per heavy atom. The summed E-state index contributed by atoms with van der Waals surface area (Å²) in [5.74, 6) is -1.35. The fourth-order valence-corrected chi connectivity index (χ4v) is 2.79. The van der Waals surface area contributed by atoms with Gasteiger partial charge in [0.25, 0.3) is 0 Å². The summed E-state index contributed by atoms with van der Waals surface area (Å²) in [5.41, 5.74) is -0.433. The highest BCUT2D eigenvalue weighted by Crippen LogP contribution is 2.43. The third-order valence-corrected chi connectivity index (χ3v) is 3.58. The summed E-state index contributed by atoms with van der Waals surface area (Å²) in [6, 6.07) is 3.15. The van der Waals surface area contributed by atoms with Gasteiger partial charge in [-0.25, -0.2) is 8.78 Å². The van der Waals surface area contributed by atoms with E-state index in [0.29, 0.717) is 6.61 Å². The van der Waals surface area contributed by atoms with E-state index in [-0.39, 0.29) is 5.56 Å². The van der Waals surface area contributed by atoms with Gasteiger partial charge in [0.1, 0.15) is 17.7 Å². The van der Waals surface area contributed by atoms with Crippen molar-refractivity contribution in [3.63, 3.8) is 0 Å². The van der Waals surface area contributed by atoms with Crippen molar-refractivity contribution >= 4 is 0 Å². The van der Waals surface area contributed by atoms with Crippen LogP contribution in [-0.4, -0.2) is 17.3 Å². The molecule has 0 aromatic heterocycles. The first kappa shape index (κ1) is 13.4. The first-order valence-electron chi connectivity index (χ1n) is 6.35. The van der Waals surface area contributed by atoms with Crippen molar-refractivity contribution < 1.29 is 18.6 Å². The number of ether oxygens (including phenoxy) is 1. The maximum absolute atomic E-state index is 13.2. The maximum Gasteiger partial charge on any atom is 0.126 e. The van der Waals surface area contributed by atoms with E-state index in [9.17, 15) is 13.9 Å². The topological polar surface area (TPSA) is 29.5 Å². The lowest BCUT2D eigenvalue weighted by Gasteiger charge is -2.34. The Balaban J connectivity index is 2.30. The Kier molecular flexibility index (Phi) is 3.97. The monoisotopic (exact) mass is 256 g/mol. The van der Waals surface area contributed by atoms with Crippen LogP contribution in [0, 0.1) is 11.6 Å². The van der Waals surface area contributed by atoms with Crippen LogP contribution >= 0.6 is 0 Å². The Morgan fingerprint density at radius 3 is 2.28 bits per heavy atom. The van der Waals surface area contributed by atoms with Crippen LogP contribution in [0.25, 0.3) is 0 Å². The van der Waals surface area contributed by atoms with Crippen molar-refractivity contribution in [2.24, 2.45) is 0 Å². The van der Waals surface area contributed by atoms with Crippen molar-refractivity contribution in [1.29, 1.82) is 0 Å². The van der Waals surface area contributed by atoms with E-state index in [0.717, 1.165) is 31.7 Å². The zero-order valence-corrected chi connectivity index (χ0v) is 10.5. The van der Waals surface area contributed by atoms with Crippen LogP contribution < -0.4 is 0 Å². The van der Waals surface area contributed by atoms with Crippen molar-refractivity contribution in [1.82, 2.24) is 0 Å². The first-order chi connectivity index (χ1) is 8.57. The summed E-state index contributed by atoms with van der Waals surface area (Å²) < 4.78 is 32.1. The lowest BCUT2D eigenvalue weighted by molar-refractivity contribution is -0.118. The highest BCUT2D eigenvalue weighted by atomic mass is 19.1. The Morgan fingerprint density at radius 1 is 1.22 bits per heavy atom. The second-order valence-corrected chi connectivity index (χ2v) is 4.81. The van der Waals surface area contributed by atoms with Crippen molar-refractivity contribution in [2.45, 2.75) is 44.3 Å². The number of aliphatic hydroxyl groups is 1. The number of hydrogen-bond acceptors (Lipinski definition) is 2. The Bertz CT molecular complexity index is 394. The summed E-state index contributed by atoms with van der Waals surface area (Å²) >= 11 is 0. The molecule has 1 aromatic rings. The largest absolute Gasteiger partial charge is 0.385 e. The molecule has 18 heavy (non-hydrogen) atoms. The fraction of sp³-hybridized carbons (Fsp3) is 0.571. The van der Waals surface area contributed by atoms with Gasteiger partial charge in [-0.1, -0.05) is 12.8 Å². The lowest BCUT2D eigenvalue weighted by Crippen LogP contribution is -2.36. The smallest absolute Gasteiger partial charge is 0.126 e. The molecule has 0 bridgehead atoms. The molecular weight excluding hydrogens is 238 g/mol. The molecule has 0 amide bonds. The van der Waals surface area contributed by atoms with Gasteiger partial charge in [0.15, 0.2) is 0 Å². The molecule has 100 valence electrons. The molecule has 0 aliphatic heterocycles. The molecular formula is C14H18F2O2. The average Bonchev–Trinajstić information content (AvgIpc) is 2.77. The number of hydrogen-bond donors (Lipinski definition) is 1. The third kappa shape index (κ3) is 2.54. The van der Waals surface area contributed by atoms with E-state index in [4.69, 9.17) is 4.74 Å². The number of aliphatic hydroxyl groups excluding tert-OH is 1. The molecule has 1 aliphatic rings. The standard InChI is InChI=1S/C14H18F2O2/c1-2-18-14(5-3-4-6-14)13(17)10-7-11(15)9-12(16)8-10/h7-9,13,17H,2-6H2,1H3. The van der Waals surface area contributed by atoms with E-state index in [1.807, 2.05) is 6.92 Å². The minimum atomic E-state index is -0.981. The molecule has 1 unspecified atom stereocenters. The highest BCUT2D eigenvalue weighted by Gasteiger charge is 2.42. The molecule has 1 N–H and O–H groups in total. The summed E-state index contributed by atoms with van der Waals surface area (Å²) in [5, 5.41) is 10.4. The van der Waals surface area contributed by atoms with Gasteiger partial charge in [-0.05, 0) is 37.5 Å². The quantitative estimate of drug-likeness (QED) is 0.895. The third-order valence-electron chi connectivity index (χ3n) is 3.58. The van der Waals surface area contributed by atoms with Crippen molar-refractivity contribution in [3.05, 3.63) is 35.4 Å². The molecule has 4 heteroatoms. The van der Waals surface area contributed by atoms with Gasteiger partial charge in [0, 0.05) is 12.7 Å². The van der Waals surface area contributed by atoms with E-state index in [1.54, 1.807) is 0 Å². The van der Waals surface area contributed by atoms with Crippen LogP contribution in [-0.2, 0) is 4.74 Å². The molecule has 1 fully saturated rings. The maximum atomic E-state index is 13.2. The first-order valence-corrected chi connectivity index (χ1v) is 6.35. The second-order valence-electron chi connectivity index (χ2n) is 4.81. The molecule has 0 saturated heterocycles. The molecule has 0 heterocycles. The predicted octanol–water partition coefficient (Wildman–Crippen LogP) is 3.35. The molecule has 1 aromatic carbocycles. The molecule has 2 rings (SSSR count). The van der Waals surface area contributed by atoms with Crippen molar-refractivity contribution in [3.8, 4) is 0 Å². The van der Waals surface area contributed by atoms with E-state index < -0.39 is 23.3 Å². The van der Waals surface area contributed by atoms with Gasteiger partial charge in [-0.2, -0.15) is 0 Å². The minimum absolute atomic E-state index is 0.253. The van der Waals surface area contributed by atoms with Crippen LogP contribution in [0.3, 0.4) is 0 Å². The number of halogens is 2. The normalized spacial score (nSPS) is 20.0. The zero-order chi connectivity index (χ0) is 13.2. The van der Waals surface area contributed by atoms with Crippen LogP contribution in [0.5, 0.6) is 0 Å². The summed E-state index contributed by atoms with van der Waals surface area (Å²) in [4.78, 5) is 0. The zero-order valence-electron chi connectivity index (χ0n) is 10.5. The minimum Gasteiger partial charge on any atom is -0.385 e. The van der Waals surface area contributed by atoms with Crippen LogP contribution in [0.15, 0.2) is 18.2 Å². The summed E-state index contributed by atoms with van der Waals surface area (Å²) in [7, 11) is 0. The van der Waals surface area contributed by atoms with E-state index >= 15 is 0 Å². The Hall–Kier alpha value is -1.00. The SMILES string of the molecule is CCOC1(C(O)c2cc(F)cc(F)c2)CCCC1. The summed E-state index contributed by atoms with van der Waals surface area (Å²) in [6.07, 6.45) is 2.40. The molecule has 0 radical (unpaired) electrons. The predicted molar refractivity (Wildman–Crippen MR) is 64.1 cm³/mol. The molecule has 1 saturated carbocycles. The molecule has 0 spiro atoms. The highest BCUT2D eigenvalue weighted by molar-refractivity contribution is 5.23. The molecule has 1 aliphatic carbocycles. The van der Waals surface area contributed by atoms with Gasteiger partial charge in [-0.3, -0.25) is 0 Å². The average molecular weight is 256 g/mol. The molecule has 2 nitrogen and oxygen atoms in total. The van der Waals surface area contributed by atoms with E-state index in [2.05, 4.69) is 0 Å². The van der Waals surface area contributed by atoms with Crippen LogP contribution in [0.2, 0.25) is 0 Å².